The van der Waals surface area contributed by atoms with Crippen molar-refractivity contribution in [3.8, 4) is 0 Å². The Labute approximate surface area is 95.4 Å². The van der Waals surface area contributed by atoms with Gasteiger partial charge in [-0.15, -0.1) is 0 Å². The first-order valence-electron chi connectivity index (χ1n) is 4.66. The van der Waals surface area contributed by atoms with Crippen LogP contribution in [0.25, 0.3) is 0 Å². The number of carbonyl (C=O) groups excluding carboxylic acids is 1. The van der Waals surface area contributed by atoms with Crippen LogP contribution in [0.1, 0.15) is 25.7 Å². The van der Waals surface area contributed by atoms with Gasteiger partial charge in [-0.25, -0.2) is 0 Å². The zero-order valence-corrected chi connectivity index (χ0v) is 11.3. The van der Waals surface area contributed by atoms with Crippen molar-refractivity contribution in [3.05, 3.63) is 24.0 Å². The summed E-state index contributed by atoms with van der Waals surface area (Å²) in [5.41, 5.74) is 1.12. The van der Waals surface area contributed by atoms with Crippen molar-refractivity contribution >= 4 is 9.68 Å². The molecule has 1 rings (SSSR count). The summed E-state index contributed by atoms with van der Waals surface area (Å²) in [4.78, 5) is 11.6. The van der Waals surface area contributed by atoms with Crippen LogP contribution in [0.4, 0.5) is 0 Å². The number of allylic oxidation sites excluding steroid dienone is 2. The molecule has 1 aliphatic rings. The van der Waals surface area contributed by atoms with Gasteiger partial charge < -0.3 is 0 Å². The molecule has 0 radical (unpaired) electrons. The van der Waals surface area contributed by atoms with Gasteiger partial charge in [0, 0.05) is 0 Å². The summed E-state index contributed by atoms with van der Waals surface area (Å²) in [5, 5.41) is 0. The predicted octanol–water partition coefficient (Wildman–Crippen LogP) is 1.94. The molecule has 0 N–H and O–H groups in total. The SMILES string of the molecule is C=C(/C=C1/CCCCC(=O)[C]1=[W])OC. The number of ether oxygens (including phenoxy) is 1. The Morgan fingerprint density at radius 3 is 2.79 bits per heavy atom. The maximum absolute atomic E-state index is 11.6. The van der Waals surface area contributed by atoms with Crippen molar-refractivity contribution in [2.45, 2.75) is 25.7 Å². The van der Waals surface area contributed by atoms with Crippen LogP contribution in [0.3, 0.4) is 0 Å². The fourth-order valence-electron chi connectivity index (χ4n) is 1.40. The van der Waals surface area contributed by atoms with Gasteiger partial charge >= 0.3 is 95.3 Å². The number of hydrogen-bond donors (Lipinski definition) is 0. The van der Waals surface area contributed by atoms with E-state index in [1.54, 1.807) is 7.11 Å². The Morgan fingerprint density at radius 2 is 2.14 bits per heavy atom. The van der Waals surface area contributed by atoms with Gasteiger partial charge in [0.15, 0.2) is 0 Å². The van der Waals surface area contributed by atoms with E-state index < -0.39 is 0 Å². The van der Waals surface area contributed by atoms with Crippen molar-refractivity contribution in [2.75, 3.05) is 7.11 Å². The molecule has 0 unspecified atom stereocenters. The van der Waals surface area contributed by atoms with Crippen molar-refractivity contribution in [3.63, 3.8) is 0 Å². The zero-order valence-electron chi connectivity index (χ0n) is 8.34. The van der Waals surface area contributed by atoms with Crippen LogP contribution in [0.5, 0.6) is 0 Å². The first-order valence-corrected chi connectivity index (χ1v) is 6.13. The predicted molar refractivity (Wildman–Crippen MR) is 52.7 cm³/mol. The van der Waals surface area contributed by atoms with Crippen molar-refractivity contribution in [1.29, 1.82) is 0 Å². The average Bonchev–Trinajstić information content (AvgIpc) is 2.33. The van der Waals surface area contributed by atoms with E-state index in [0.717, 1.165) is 28.7 Å². The molecular weight excluding hydrogens is 348 g/mol. The Kier molecular flexibility index (Phi) is 4.47. The summed E-state index contributed by atoms with van der Waals surface area (Å²) < 4.78 is 5.95. The second-order valence-electron chi connectivity index (χ2n) is 3.30. The molecule has 0 saturated heterocycles. The number of ketones is 1. The second-order valence-corrected chi connectivity index (χ2v) is 4.77. The van der Waals surface area contributed by atoms with E-state index in [1.807, 2.05) is 6.08 Å². The number of methoxy groups -OCH3 is 1. The van der Waals surface area contributed by atoms with Gasteiger partial charge in [-0.3, -0.25) is 0 Å². The van der Waals surface area contributed by atoms with Crippen LogP contribution in [-0.4, -0.2) is 16.8 Å². The van der Waals surface area contributed by atoms with E-state index in [4.69, 9.17) is 4.74 Å². The van der Waals surface area contributed by atoms with Crippen LogP contribution < -0.4 is 0 Å². The van der Waals surface area contributed by atoms with Crippen LogP contribution in [0.15, 0.2) is 24.0 Å². The van der Waals surface area contributed by atoms with Gasteiger partial charge in [0.1, 0.15) is 0 Å². The molecule has 1 fully saturated rings. The standard InChI is InChI=1S/C11H14O2.W/c1-9(13-2)7-10-5-3-4-6-11(12)8-10;/h7H,1,3-6H2,2H3;/b10-7-;. The molecule has 0 aromatic heterocycles. The quantitative estimate of drug-likeness (QED) is 0.555. The van der Waals surface area contributed by atoms with E-state index in [2.05, 4.69) is 6.58 Å². The van der Waals surface area contributed by atoms with Gasteiger partial charge in [0.25, 0.3) is 0 Å². The fourth-order valence-corrected chi connectivity index (χ4v) is 2.34. The molecule has 3 heteroatoms. The molecular formula is C11H14O2W. The fraction of sp³-hybridized carbons (Fsp3) is 0.455. The van der Waals surface area contributed by atoms with E-state index in [0.29, 0.717) is 18.0 Å². The zero-order chi connectivity index (χ0) is 10.6. The van der Waals surface area contributed by atoms with Gasteiger partial charge in [-0.1, -0.05) is 0 Å². The third kappa shape index (κ3) is 3.02. The summed E-state index contributed by atoms with van der Waals surface area (Å²) in [5.74, 6) is 0.932. The Hall–Kier alpha value is -0.492. The Bertz CT molecular complexity index is 302. The third-order valence-electron chi connectivity index (χ3n) is 2.24. The van der Waals surface area contributed by atoms with Crippen molar-refractivity contribution in [2.24, 2.45) is 0 Å². The molecule has 14 heavy (non-hydrogen) atoms. The molecule has 1 saturated carbocycles. The van der Waals surface area contributed by atoms with Crippen LogP contribution in [0.2, 0.25) is 0 Å². The summed E-state index contributed by atoms with van der Waals surface area (Å²) in [7, 11) is 1.60. The minimum absolute atomic E-state index is 0.299. The topological polar surface area (TPSA) is 26.3 Å². The molecule has 0 aromatic carbocycles. The molecule has 2 nitrogen and oxygen atoms in total. The van der Waals surface area contributed by atoms with Crippen LogP contribution in [-0.2, 0) is 28.9 Å². The Morgan fingerprint density at radius 1 is 1.50 bits per heavy atom. The Balaban J connectivity index is 2.84. The second kappa shape index (κ2) is 5.40. The normalized spacial score (nSPS) is 20.8. The first-order chi connectivity index (χ1) is 6.65. The monoisotopic (exact) mass is 362 g/mol. The summed E-state index contributed by atoms with van der Waals surface area (Å²) in [6.07, 6.45) is 5.67. The summed E-state index contributed by atoms with van der Waals surface area (Å²) in [6, 6.07) is 0. The van der Waals surface area contributed by atoms with E-state index in [-0.39, 0.29) is 0 Å². The summed E-state index contributed by atoms with van der Waals surface area (Å²) >= 11 is 1.25. The van der Waals surface area contributed by atoms with Gasteiger partial charge in [-0.05, 0) is 0 Å². The summed E-state index contributed by atoms with van der Waals surface area (Å²) in [6.45, 7) is 3.74. The number of carbonyl (C=O) groups is 1. The number of Topliss-reactive ketones (excluding diaryl/α,β-unsaturated/α-hetero) is 1. The van der Waals surface area contributed by atoms with E-state index in [9.17, 15) is 4.79 Å². The minimum atomic E-state index is 0.299. The molecule has 76 valence electrons. The molecule has 0 aromatic rings. The van der Waals surface area contributed by atoms with Crippen LogP contribution >= 0.6 is 0 Å². The molecule has 0 heterocycles. The van der Waals surface area contributed by atoms with E-state index in [1.165, 1.54) is 19.4 Å². The van der Waals surface area contributed by atoms with Crippen LogP contribution in [0, 0.1) is 0 Å². The molecule has 0 bridgehead atoms. The molecule has 0 spiro atoms. The maximum atomic E-state index is 11.6. The van der Waals surface area contributed by atoms with E-state index >= 15 is 0 Å². The molecule has 0 aliphatic heterocycles. The van der Waals surface area contributed by atoms with Gasteiger partial charge in [-0.2, -0.15) is 0 Å². The van der Waals surface area contributed by atoms with Crippen molar-refractivity contribution in [1.82, 2.24) is 0 Å². The molecule has 0 amide bonds. The number of rotatable bonds is 2. The third-order valence-corrected chi connectivity index (χ3v) is 4.00. The van der Waals surface area contributed by atoms with Crippen molar-refractivity contribution < 1.29 is 28.9 Å². The van der Waals surface area contributed by atoms with Gasteiger partial charge in [0.2, 0.25) is 0 Å². The first kappa shape index (κ1) is 11.6. The van der Waals surface area contributed by atoms with Gasteiger partial charge in [0.05, 0.1) is 0 Å². The number of hydrogen-bond acceptors (Lipinski definition) is 2. The average molecular weight is 362 g/mol. The molecule has 0 atom stereocenters. The molecule has 1 aliphatic carbocycles.